The number of para-hydroxylation sites is 1. The van der Waals surface area contributed by atoms with Gasteiger partial charge < -0.3 is 10.5 Å². The fourth-order valence-corrected chi connectivity index (χ4v) is 2.73. The summed E-state index contributed by atoms with van der Waals surface area (Å²) in [7, 11) is 1.67. The summed E-state index contributed by atoms with van der Waals surface area (Å²) in [6, 6.07) is 11.8. The summed E-state index contributed by atoms with van der Waals surface area (Å²) in [5.41, 5.74) is 7.00. The molecule has 2 N–H and O–H groups in total. The number of rotatable bonds is 4. The predicted octanol–water partition coefficient (Wildman–Crippen LogP) is 3.26. The van der Waals surface area contributed by atoms with E-state index in [1.807, 2.05) is 43.3 Å². The molecule has 18 heavy (non-hydrogen) atoms. The molecule has 0 spiro atoms. The maximum absolute atomic E-state index is 5.95. The van der Waals surface area contributed by atoms with Gasteiger partial charge in [0.15, 0.2) is 0 Å². The summed E-state index contributed by atoms with van der Waals surface area (Å²) >= 11 is 1.58. The molecule has 2 rings (SSSR count). The summed E-state index contributed by atoms with van der Waals surface area (Å²) in [6.45, 7) is 1.96. The van der Waals surface area contributed by atoms with Crippen LogP contribution in [0, 0.1) is 0 Å². The Morgan fingerprint density at radius 3 is 2.72 bits per heavy atom. The first-order chi connectivity index (χ1) is 8.72. The minimum absolute atomic E-state index is 0.0316. The van der Waals surface area contributed by atoms with Crippen LogP contribution in [-0.4, -0.2) is 12.1 Å². The summed E-state index contributed by atoms with van der Waals surface area (Å²) in [5, 5.41) is 0.928. The highest BCUT2D eigenvalue weighted by molar-refractivity contribution is 7.99. The van der Waals surface area contributed by atoms with Gasteiger partial charge in [-0.2, -0.15) is 0 Å². The van der Waals surface area contributed by atoms with Gasteiger partial charge in [0.05, 0.1) is 12.0 Å². The van der Waals surface area contributed by atoms with E-state index in [1.165, 1.54) is 0 Å². The Labute approximate surface area is 111 Å². The first-order valence-electron chi connectivity index (χ1n) is 5.73. The molecule has 0 saturated heterocycles. The predicted molar refractivity (Wildman–Crippen MR) is 74.0 cm³/mol. The molecule has 2 aromatic rings. The van der Waals surface area contributed by atoms with Crippen molar-refractivity contribution in [2.75, 3.05) is 7.11 Å². The van der Waals surface area contributed by atoms with Crippen molar-refractivity contribution in [3.05, 3.63) is 48.2 Å². The highest BCUT2D eigenvalue weighted by Crippen LogP contribution is 2.36. The number of benzene rings is 1. The largest absolute Gasteiger partial charge is 0.496 e. The number of methoxy groups -OCH3 is 1. The van der Waals surface area contributed by atoms with E-state index >= 15 is 0 Å². The van der Waals surface area contributed by atoms with Crippen LogP contribution in [0.3, 0.4) is 0 Å². The SMILES string of the molecule is COc1ccccc1Sc1ncccc1C(C)N. The van der Waals surface area contributed by atoms with E-state index < -0.39 is 0 Å². The number of hydrogen-bond donors (Lipinski definition) is 1. The zero-order valence-electron chi connectivity index (χ0n) is 10.5. The van der Waals surface area contributed by atoms with E-state index in [9.17, 15) is 0 Å². The number of aromatic nitrogens is 1. The molecule has 4 heteroatoms. The lowest BCUT2D eigenvalue weighted by molar-refractivity contribution is 0.405. The minimum atomic E-state index is -0.0316. The van der Waals surface area contributed by atoms with Gasteiger partial charge in [-0.05, 0) is 25.1 Å². The van der Waals surface area contributed by atoms with Crippen molar-refractivity contribution in [2.24, 2.45) is 5.73 Å². The Morgan fingerprint density at radius 1 is 1.22 bits per heavy atom. The van der Waals surface area contributed by atoms with Crippen LogP contribution in [0.2, 0.25) is 0 Å². The van der Waals surface area contributed by atoms with Crippen LogP contribution in [0.25, 0.3) is 0 Å². The number of hydrogen-bond acceptors (Lipinski definition) is 4. The normalized spacial score (nSPS) is 12.2. The maximum Gasteiger partial charge on any atom is 0.132 e. The fourth-order valence-electron chi connectivity index (χ4n) is 1.64. The van der Waals surface area contributed by atoms with Gasteiger partial charge in [-0.1, -0.05) is 30.0 Å². The van der Waals surface area contributed by atoms with E-state index in [-0.39, 0.29) is 6.04 Å². The Balaban J connectivity index is 2.34. The first-order valence-corrected chi connectivity index (χ1v) is 6.55. The van der Waals surface area contributed by atoms with E-state index in [4.69, 9.17) is 10.5 Å². The molecule has 0 fully saturated rings. The Bertz CT molecular complexity index is 529. The lowest BCUT2D eigenvalue weighted by atomic mass is 10.2. The molecule has 0 aliphatic heterocycles. The molecule has 1 unspecified atom stereocenters. The van der Waals surface area contributed by atoms with Gasteiger partial charge in [-0.25, -0.2) is 4.98 Å². The summed E-state index contributed by atoms with van der Waals surface area (Å²) < 4.78 is 5.34. The minimum Gasteiger partial charge on any atom is -0.496 e. The van der Waals surface area contributed by atoms with Crippen molar-refractivity contribution in [3.63, 3.8) is 0 Å². The van der Waals surface area contributed by atoms with Crippen LogP contribution in [0.15, 0.2) is 52.5 Å². The molecule has 0 radical (unpaired) electrons. The quantitative estimate of drug-likeness (QED) is 0.916. The standard InChI is InChI=1S/C14H16N2OS/c1-10(15)11-6-5-9-16-14(11)18-13-8-4-3-7-12(13)17-2/h3-10H,15H2,1-2H3. The summed E-state index contributed by atoms with van der Waals surface area (Å²) in [4.78, 5) is 5.44. The molecule has 1 heterocycles. The second-order valence-corrected chi connectivity index (χ2v) is 4.97. The van der Waals surface area contributed by atoms with E-state index in [2.05, 4.69) is 4.98 Å². The van der Waals surface area contributed by atoms with Crippen molar-refractivity contribution < 1.29 is 4.74 Å². The average molecular weight is 260 g/mol. The lowest BCUT2D eigenvalue weighted by Crippen LogP contribution is -2.07. The van der Waals surface area contributed by atoms with Crippen molar-refractivity contribution in [1.82, 2.24) is 4.98 Å². The highest BCUT2D eigenvalue weighted by atomic mass is 32.2. The molecule has 1 aromatic heterocycles. The lowest BCUT2D eigenvalue weighted by Gasteiger charge is -2.12. The monoisotopic (exact) mass is 260 g/mol. The Morgan fingerprint density at radius 2 is 2.00 bits per heavy atom. The third-order valence-electron chi connectivity index (χ3n) is 2.57. The van der Waals surface area contributed by atoms with Gasteiger partial charge in [0.1, 0.15) is 10.8 Å². The molecule has 3 nitrogen and oxygen atoms in total. The number of pyridine rings is 1. The highest BCUT2D eigenvalue weighted by Gasteiger charge is 2.11. The Hall–Kier alpha value is -1.52. The molecular formula is C14H16N2OS. The third kappa shape index (κ3) is 2.83. The number of nitrogens with two attached hydrogens (primary N) is 1. The van der Waals surface area contributed by atoms with Crippen molar-refractivity contribution in [2.45, 2.75) is 22.9 Å². The Kier molecular flexibility index (Phi) is 4.23. The van der Waals surface area contributed by atoms with Crippen LogP contribution in [0.4, 0.5) is 0 Å². The third-order valence-corrected chi connectivity index (χ3v) is 3.66. The summed E-state index contributed by atoms with van der Waals surface area (Å²) in [6.07, 6.45) is 1.78. The summed E-state index contributed by atoms with van der Waals surface area (Å²) in [5.74, 6) is 0.851. The average Bonchev–Trinajstić information content (AvgIpc) is 2.40. The van der Waals surface area contributed by atoms with Gasteiger partial charge in [-0.15, -0.1) is 0 Å². The van der Waals surface area contributed by atoms with Crippen molar-refractivity contribution in [3.8, 4) is 5.75 Å². The number of nitrogens with zero attached hydrogens (tertiary/aromatic N) is 1. The molecule has 0 amide bonds. The molecule has 0 bridgehead atoms. The second kappa shape index (κ2) is 5.89. The van der Waals surface area contributed by atoms with Crippen LogP contribution < -0.4 is 10.5 Å². The van der Waals surface area contributed by atoms with Gasteiger partial charge >= 0.3 is 0 Å². The molecule has 0 aliphatic rings. The zero-order chi connectivity index (χ0) is 13.0. The molecule has 0 aliphatic carbocycles. The van der Waals surface area contributed by atoms with Gasteiger partial charge in [0.2, 0.25) is 0 Å². The smallest absolute Gasteiger partial charge is 0.132 e. The fraction of sp³-hybridized carbons (Fsp3) is 0.214. The maximum atomic E-state index is 5.95. The van der Waals surface area contributed by atoms with E-state index in [0.717, 1.165) is 21.2 Å². The van der Waals surface area contributed by atoms with Gasteiger partial charge in [0.25, 0.3) is 0 Å². The van der Waals surface area contributed by atoms with E-state index in [0.29, 0.717) is 0 Å². The molecule has 1 aromatic carbocycles. The topological polar surface area (TPSA) is 48.1 Å². The molecular weight excluding hydrogens is 244 g/mol. The first kappa shape index (κ1) is 12.9. The van der Waals surface area contributed by atoms with Gasteiger partial charge in [0, 0.05) is 17.8 Å². The van der Waals surface area contributed by atoms with Crippen LogP contribution in [-0.2, 0) is 0 Å². The second-order valence-electron chi connectivity index (χ2n) is 3.94. The molecule has 1 atom stereocenters. The molecule has 94 valence electrons. The van der Waals surface area contributed by atoms with Crippen molar-refractivity contribution >= 4 is 11.8 Å². The van der Waals surface area contributed by atoms with Crippen molar-refractivity contribution in [1.29, 1.82) is 0 Å². The zero-order valence-corrected chi connectivity index (χ0v) is 11.3. The molecule has 0 saturated carbocycles. The number of ether oxygens (including phenoxy) is 1. The van der Waals surface area contributed by atoms with Crippen LogP contribution in [0.1, 0.15) is 18.5 Å². The van der Waals surface area contributed by atoms with Gasteiger partial charge in [-0.3, -0.25) is 0 Å². The van der Waals surface area contributed by atoms with Crippen LogP contribution in [0.5, 0.6) is 5.75 Å². The van der Waals surface area contributed by atoms with E-state index in [1.54, 1.807) is 25.1 Å². The van der Waals surface area contributed by atoms with Crippen LogP contribution >= 0.6 is 11.8 Å².